The van der Waals surface area contributed by atoms with E-state index < -0.39 is 0 Å². The first-order valence-electron chi connectivity index (χ1n) is 10.8. The van der Waals surface area contributed by atoms with Gasteiger partial charge in [-0.2, -0.15) is 5.10 Å². The summed E-state index contributed by atoms with van der Waals surface area (Å²) >= 11 is 0. The molecule has 32 heavy (non-hydrogen) atoms. The Morgan fingerprint density at radius 3 is 2.75 bits per heavy atom. The maximum Gasteiger partial charge on any atom is 0.255 e. The van der Waals surface area contributed by atoms with Crippen molar-refractivity contribution in [3.8, 4) is 0 Å². The fraction of sp³-hybridized carbons (Fsp3) is 0.240. The molecular weight excluding hydrogens is 402 g/mol. The van der Waals surface area contributed by atoms with Gasteiger partial charge < -0.3 is 14.6 Å². The number of hydrogen-bond donors (Lipinski definition) is 1. The highest BCUT2D eigenvalue weighted by atomic mass is 16.3. The Morgan fingerprint density at radius 2 is 1.91 bits per heavy atom. The Hall–Kier alpha value is -3.87. The van der Waals surface area contributed by atoms with Crippen LogP contribution in [0.2, 0.25) is 0 Å². The Morgan fingerprint density at radius 1 is 1.09 bits per heavy atom. The van der Waals surface area contributed by atoms with E-state index in [0.29, 0.717) is 37.0 Å². The van der Waals surface area contributed by atoms with Gasteiger partial charge in [-0.15, -0.1) is 0 Å². The summed E-state index contributed by atoms with van der Waals surface area (Å²) in [6.45, 7) is 3.80. The van der Waals surface area contributed by atoms with Crippen LogP contribution in [0.1, 0.15) is 39.7 Å². The topological polar surface area (TPSA) is 76.2 Å². The molecule has 0 bridgehead atoms. The lowest BCUT2D eigenvalue weighted by atomic mass is 10.1. The Labute approximate surface area is 186 Å². The van der Waals surface area contributed by atoms with Crippen LogP contribution in [0.4, 0.5) is 5.69 Å². The van der Waals surface area contributed by atoms with Crippen molar-refractivity contribution >= 4 is 11.6 Å². The molecule has 4 aromatic rings. The largest absolute Gasteiger partial charge is 0.467 e. The Balaban J connectivity index is 1.28. The number of rotatable bonds is 7. The molecule has 0 saturated heterocycles. The van der Waals surface area contributed by atoms with Crippen LogP contribution in [-0.2, 0) is 26.1 Å². The number of benzene rings is 2. The van der Waals surface area contributed by atoms with Crippen molar-refractivity contribution in [1.29, 1.82) is 0 Å². The van der Waals surface area contributed by atoms with Gasteiger partial charge in [0.1, 0.15) is 18.4 Å². The van der Waals surface area contributed by atoms with E-state index in [-0.39, 0.29) is 5.91 Å². The van der Waals surface area contributed by atoms with Crippen LogP contribution in [0, 0.1) is 0 Å². The van der Waals surface area contributed by atoms with E-state index in [1.165, 1.54) is 17.6 Å². The summed E-state index contributed by atoms with van der Waals surface area (Å²) in [6.07, 6.45) is 5.80. The molecule has 1 amide bonds. The summed E-state index contributed by atoms with van der Waals surface area (Å²) in [4.78, 5) is 19.3. The lowest BCUT2D eigenvalue weighted by Gasteiger charge is -2.24. The van der Waals surface area contributed by atoms with Crippen LogP contribution < -0.4 is 10.2 Å². The van der Waals surface area contributed by atoms with Crippen molar-refractivity contribution in [2.45, 2.75) is 39.0 Å². The number of carbonyl (C=O) groups excluding carboxylic acids is 1. The van der Waals surface area contributed by atoms with Crippen molar-refractivity contribution in [2.75, 3.05) is 4.90 Å². The summed E-state index contributed by atoms with van der Waals surface area (Å²) in [5.41, 5.74) is 5.26. The molecule has 0 radical (unpaired) electrons. The predicted octanol–water partition coefficient (Wildman–Crippen LogP) is 3.80. The summed E-state index contributed by atoms with van der Waals surface area (Å²) in [5, 5.41) is 7.23. The molecule has 2 aromatic heterocycles. The van der Waals surface area contributed by atoms with Crippen LogP contribution in [0.25, 0.3) is 0 Å². The van der Waals surface area contributed by atoms with Crippen LogP contribution in [0.3, 0.4) is 0 Å². The molecule has 3 heterocycles. The maximum atomic E-state index is 13.0. The van der Waals surface area contributed by atoms with Crippen molar-refractivity contribution in [1.82, 2.24) is 20.1 Å². The molecule has 1 N–H and O–H groups in total. The van der Waals surface area contributed by atoms with E-state index in [9.17, 15) is 4.79 Å². The van der Waals surface area contributed by atoms with Crippen LogP contribution in [0.5, 0.6) is 0 Å². The first kappa shape index (κ1) is 20.1. The standard InChI is InChI=1S/C25H25N5O2/c1-18-12-19-6-4-5-9-23(19)30(18)15-24-22(10-11-32-24)25(31)27-13-20-7-2-3-8-21(20)14-29-17-26-16-28-29/h2-11,16-18H,12-15H2,1H3,(H,27,31). The molecule has 0 saturated carbocycles. The average Bonchev–Trinajstić information content (AvgIpc) is 3.55. The number of fused-ring (bicyclic) bond motifs is 1. The van der Waals surface area contributed by atoms with Gasteiger partial charge in [0.2, 0.25) is 0 Å². The zero-order valence-corrected chi connectivity index (χ0v) is 17.9. The first-order valence-corrected chi connectivity index (χ1v) is 10.8. The number of aromatic nitrogens is 3. The highest BCUT2D eigenvalue weighted by Gasteiger charge is 2.28. The van der Waals surface area contributed by atoms with E-state index in [0.717, 1.165) is 17.5 Å². The molecule has 1 unspecified atom stereocenters. The normalized spacial score (nSPS) is 15.0. The van der Waals surface area contributed by atoms with E-state index in [4.69, 9.17) is 4.42 Å². The second-order valence-electron chi connectivity index (χ2n) is 8.11. The Kier molecular flexibility index (Phi) is 5.46. The van der Waals surface area contributed by atoms with Gasteiger partial charge in [-0.3, -0.25) is 4.79 Å². The summed E-state index contributed by atoms with van der Waals surface area (Å²) in [5.74, 6) is 0.548. The number of nitrogens with zero attached hydrogens (tertiary/aromatic N) is 4. The molecule has 162 valence electrons. The van der Waals surface area contributed by atoms with Crippen molar-refractivity contribution in [3.05, 3.63) is 102 Å². The number of nitrogens with one attached hydrogen (secondary N) is 1. The summed E-state index contributed by atoms with van der Waals surface area (Å²) < 4.78 is 7.50. The molecule has 0 fully saturated rings. The second-order valence-corrected chi connectivity index (χ2v) is 8.11. The molecule has 7 heteroatoms. The molecule has 1 aliphatic heterocycles. The van der Waals surface area contributed by atoms with E-state index in [1.54, 1.807) is 23.3 Å². The lowest BCUT2D eigenvalue weighted by molar-refractivity contribution is 0.0948. The van der Waals surface area contributed by atoms with Gasteiger partial charge in [0.05, 0.1) is 24.9 Å². The number of carbonyl (C=O) groups is 1. The Bertz CT molecular complexity index is 1210. The zero-order valence-electron chi connectivity index (χ0n) is 17.9. The molecule has 0 aliphatic carbocycles. The molecule has 5 rings (SSSR count). The lowest BCUT2D eigenvalue weighted by Crippen LogP contribution is -2.30. The highest BCUT2D eigenvalue weighted by Crippen LogP contribution is 2.33. The quantitative estimate of drug-likeness (QED) is 0.486. The van der Waals surface area contributed by atoms with Crippen molar-refractivity contribution in [2.24, 2.45) is 0 Å². The van der Waals surface area contributed by atoms with Gasteiger partial charge in [-0.25, -0.2) is 9.67 Å². The van der Waals surface area contributed by atoms with Gasteiger partial charge in [0.15, 0.2) is 0 Å². The van der Waals surface area contributed by atoms with Gasteiger partial charge >= 0.3 is 0 Å². The molecule has 7 nitrogen and oxygen atoms in total. The number of amides is 1. The molecule has 1 aliphatic rings. The average molecular weight is 428 g/mol. The molecule has 1 atom stereocenters. The number of anilines is 1. The van der Waals surface area contributed by atoms with Crippen LogP contribution in [-0.4, -0.2) is 26.7 Å². The van der Waals surface area contributed by atoms with Crippen molar-refractivity contribution < 1.29 is 9.21 Å². The van der Waals surface area contributed by atoms with Gasteiger partial charge in [0.25, 0.3) is 5.91 Å². The fourth-order valence-corrected chi connectivity index (χ4v) is 4.33. The number of furan rings is 1. The maximum absolute atomic E-state index is 13.0. The fourth-order valence-electron chi connectivity index (χ4n) is 4.33. The van der Waals surface area contributed by atoms with Gasteiger partial charge in [-0.1, -0.05) is 42.5 Å². The minimum absolute atomic E-state index is 0.135. The van der Waals surface area contributed by atoms with E-state index in [1.807, 2.05) is 24.3 Å². The minimum atomic E-state index is -0.135. The minimum Gasteiger partial charge on any atom is -0.467 e. The smallest absolute Gasteiger partial charge is 0.255 e. The third-order valence-corrected chi connectivity index (χ3v) is 6.01. The van der Waals surface area contributed by atoms with Crippen molar-refractivity contribution in [3.63, 3.8) is 0 Å². The van der Waals surface area contributed by atoms with E-state index in [2.05, 4.69) is 51.5 Å². The molecular formula is C25H25N5O2. The third kappa shape index (κ3) is 4.01. The second kappa shape index (κ2) is 8.70. The first-order chi connectivity index (χ1) is 15.7. The van der Waals surface area contributed by atoms with E-state index >= 15 is 0 Å². The molecule has 0 spiro atoms. The summed E-state index contributed by atoms with van der Waals surface area (Å²) in [7, 11) is 0. The van der Waals surface area contributed by atoms with Gasteiger partial charge in [-0.05, 0) is 42.2 Å². The monoisotopic (exact) mass is 427 g/mol. The molecule has 2 aromatic carbocycles. The van der Waals surface area contributed by atoms with Crippen LogP contribution >= 0.6 is 0 Å². The highest BCUT2D eigenvalue weighted by molar-refractivity contribution is 5.95. The predicted molar refractivity (Wildman–Crippen MR) is 121 cm³/mol. The van der Waals surface area contributed by atoms with Crippen LogP contribution in [0.15, 0.2) is 77.9 Å². The third-order valence-electron chi connectivity index (χ3n) is 6.01. The number of hydrogen-bond acceptors (Lipinski definition) is 5. The number of para-hydroxylation sites is 1. The SMILES string of the molecule is CC1Cc2ccccc2N1Cc1occc1C(=O)NCc1ccccc1Cn1cncn1. The summed E-state index contributed by atoms with van der Waals surface area (Å²) in [6, 6.07) is 18.5. The zero-order chi connectivity index (χ0) is 21.9. The van der Waals surface area contributed by atoms with Gasteiger partial charge in [0, 0.05) is 18.3 Å².